The number of fused-ring (bicyclic) bond motifs is 1. The van der Waals surface area contributed by atoms with E-state index in [-0.39, 0.29) is 5.69 Å². The minimum absolute atomic E-state index is 0.0764. The van der Waals surface area contributed by atoms with Crippen molar-refractivity contribution in [2.24, 2.45) is 0 Å². The van der Waals surface area contributed by atoms with Gasteiger partial charge in [0.1, 0.15) is 12.1 Å². The molecule has 0 fully saturated rings. The maximum absolute atomic E-state index is 13.1. The van der Waals surface area contributed by atoms with Crippen LogP contribution in [0.2, 0.25) is 0 Å². The zero-order valence-electron chi connectivity index (χ0n) is 15.7. The van der Waals surface area contributed by atoms with Crippen LogP contribution in [0.5, 0.6) is 0 Å². The summed E-state index contributed by atoms with van der Waals surface area (Å²) in [7, 11) is 0. The number of hydrogen-bond acceptors (Lipinski definition) is 6. The van der Waals surface area contributed by atoms with Crippen LogP contribution in [0.3, 0.4) is 0 Å². The van der Waals surface area contributed by atoms with Crippen LogP contribution in [-0.4, -0.2) is 23.1 Å². The number of nitrogens with zero attached hydrogens (tertiary/aromatic N) is 2. The van der Waals surface area contributed by atoms with Gasteiger partial charge in [-0.15, -0.1) is 11.3 Å². The van der Waals surface area contributed by atoms with Gasteiger partial charge in [-0.3, -0.25) is 0 Å². The third-order valence-corrected chi connectivity index (χ3v) is 6.06. The van der Waals surface area contributed by atoms with Gasteiger partial charge in [-0.25, -0.2) is 9.97 Å². The average molecular weight is 419 g/mol. The molecule has 9 heteroatoms. The van der Waals surface area contributed by atoms with Gasteiger partial charge in [-0.05, 0) is 55.3 Å². The Hall–Kier alpha value is -2.65. The minimum atomic E-state index is -4.45. The number of thiophene rings is 1. The van der Waals surface area contributed by atoms with E-state index in [0.29, 0.717) is 11.4 Å². The van der Waals surface area contributed by atoms with E-state index in [0.717, 1.165) is 46.7 Å². The molecule has 1 aliphatic heterocycles. The molecule has 0 saturated heterocycles. The number of aromatic nitrogens is 2. The topological polar surface area (TPSA) is 75.9 Å². The van der Waals surface area contributed by atoms with E-state index in [1.807, 2.05) is 6.07 Å². The maximum atomic E-state index is 13.1. The first kappa shape index (κ1) is 19.7. The van der Waals surface area contributed by atoms with Gasteiger partial charge in [0.15, 0.2) is 0 Å². The lowest BCUT2D eigenvalue weighted by Crippen LogP contribution is -2.19. The quantitative estimate of drug-likeness (QED) is 0.528. The standard InChI is InChI=1S/C20H20F3N5S/c1-11(13-6-14(20(21,22)23)8-15(24)7-13)28-19-18-16(26-10-27-19)9-17(29-18)12-2-4-25-5-3-12/h2,6-11,25H,3-5,24H2,1H3,(H,26,27,28)/t11-/m1/s1. The van der Waals surface area contributed by atoms with Gasteiger partial charge < -0.3 is 16.4 Å². The third-order valence-electron chi connectivity index (χ3n) is 4.85. The first-order valence-electron chi connectivity index (χ1n) is 9.20. The van der Waals surface area contributed by atoms with E-state index in [1.165, 1.54) is 11.9 Å². The van der Waals surface area contributed by atoms with Crippen LogP contribution in [-0.2, 0) is 6.18 Å². The average Bonchev–Trinajstić information content (AvgIpc) is 3.13. The maximum Gasteiger partial charge on any atom is 0.416 e. The van der Waals surface area contributed by atoms with Crippen LogP contribution in [0.25, 0.3) is 15.8 Å². The van der Waals surface area contributed by atoms with Crippen LogP contribution >= 0.6 is 11.3 Å². The lowest BCUT2D eigenvalue weighted by atomic mass is 10.0. The molecule has 1 atom stereocenters. The molecule has 4 N–H and O–H groups in total. The Bertz CT molecular complexity index is 1070. The zero-order valence-corrected chi connectivity index (χ0v) is 16.5. The number of benzene rings is 1. The predicted octanol–water partition coefficient (Wildman–Crippen LogP) is 4.84. The van der Waals surface area contributed by atoms with Gasteiger partial charge in [-0.1, -0.05) is 6.08 Å². The van der Waals surface area contributed by atoms with Crippen molar-refractivity contribution in [3.05, 3.63) is 52.7 Å². The second-order valence-electron chi connectivity index (χ2n) is 6.98. The smallest absolute Gasteiger partial charge is 0.399 e. The van der Waals surface area contributed by atoms with Crippen LogP contribution in [0.1, 0.15) is 35.4 Å². The van der Waals surface area contributed by atoms with Crippen LogP contribution in [0, 0.1) is 0 Å². The molecule has 5 nitrogen and oxygen atoms in total. The molecule has 0 saturated carbocycles. The third kappa shape index (κ3) is 4.20. The SMILES string of the molecule is C[C@@H](Nc1ncnc2cc(C3=CCNCC3)sc12)c1cc(N)cc(C(F)(F)F)c1. The number of anilines is 2. The molecule has 1 aromatic carbocycles. The monoisotopic (exact) mass is 419 g/mol. The Labute approximate surface area is 169 Å². The number of alkyl halides is 3. The highest BCUT2D eigenvalue weighted by atomic mass is 32.1. The van der Waals surface area contributed by atoms with Gasteiger partial charge in [0.05, 0.1) is 21.8 Å². The van der Waals surface area contributed by atoms with Crippen LogP contribution in [0.15, 0.2) is 36.7 Å². The van der Waals surface area contributed by atoms with Crippen molar-refractivity contribution >= 4 is 38.6 Å². The molecule has 0 bridgehead atoms. The van der Waals surface area contributed by atoms with E-state index in [1.54, 1.807) is 24.3 Å². The van der Waals surface area contributed by atoms with Crippen molar-refractivity contribution in [1.29, 1.82) is 0 Å². The number of rotatable bonds is 4. The Morgan fingerprint density at radius 2 is 2.03 bits per heavy atom. The predicted molar refractivity (Wildman–Crippen MR) is 111 cm³/mol. The van der Waals surface area contributed by atoms with Gasteiger partial charge in [0.25, 0.3) is 0 Å². The van der Waals surface area contributed by atoms with E-state index >= 15 is 0 Å². The summed E-state index contributed by atoms with van der Waals surface area (Å²) < 4.78 is 40.2. The largest absolute Gasteiger partial charge is 0.416 e. The molecule has 2 aromatic heterocycles. The summed E-state index contributed by atoms with van der Waals surface area (Å²) in [5.41, 5.74) is 7.56. The molecule has 4 rings (SSSR count). The Balaban J connectivity index is 1.65. The van der Waals surface area contributed by atoms with Gasteiger partial charge in [-0.2, -0.15) is 13.2 Å². The first-order valence-corrected chi connectivity index (χ1v) is 10.0. The second kappa shape index (κ2) is 7.64. The van der Waals surface area contributed by atoms with Gasteiger partial charge in [0, 0.05) is 17.1 Å². The van der Waals surface area contributed by atoms with Crippen molar-refractivity contribution < 1.29 is 13.2 Å². The fraction of sp³-hybridized carbons (Fsp3) is 0.300. The first-order chi connectivity index (χ1) is 13.8. The summed E-state index contributed by atoms with van der Waals surface area (Å²) in [6.45, 7) is 3.56. The Morgan fingerprint density at radius 3 is 2.76 bits per heavy atom. The lowest BCUT2D eigenvalue weighted by molar-refractivity contribution is -0.137. The van der Waals surface area contributed by atoms with E-state index in [2.05, 4.69) is 26.7 Å². The fourth-order valence-electron chi connectivity index (χ4n) is 3.34. The highest BCUT2D eigenvalue weighted by Gasteiger charge is 2.31. The van der Waals surface area contributed by atoms with E-state index in [9.17, 15) is 13.2 Å². The Morgan fingerprint density at radius 1 is 1.21 bits per heavy atom. The number of hydrogen-bond donors (Lipinski definition) is 3. The van der Waals surface area contributed by atoms with Crippen molar-refractivity contribution in [2.75, 3.05) is 24.1 Å². The summed E-state index contributed by atoms with van der Waals surface area (Å²) in [6.07, 6.45) is 0.133. The number of nitrogen functional groups attached to an aromatic ring is 1. The molecule has 152 valence electrons. The zero-order chi connectivity index (χ0) is 20.6. The van der Waals surface area contributed by atoms with Gasteiger partial charge >= 0.3 is 6.18 Å². The molecule has 0 radical (unpaired) electrons. The molecular weight excluding hydrogens is 399 g/mol. The van der Waals surface area contributed by atoms with Crippen molar-refractivity contribution in [2.45, 2.75) is 25.6 Å². The number of nitrogens with one attached hydrogen (secondary N) is 2. The summed E-state index contributed by atoms with van der Waals surface area (Å²) in [4.78, 5) is 9.81. The second-order valence-corrected chi connectivity index (χ2v) is 8.04. The van der Waals surface area contributed by atoms with E-state index in [4.69, 9.17) is 5.73 Å². The molecule has 29 heavy (non-hydrogen) atoms. The van der Waals surface area contributed by atoms with Crippen molar-refractivity contribution in [3.63, 3.8) is 0 Å². The summed E-state index contributed by atoms with van der Waals surface area (Å²) in [6, 6.07) is 5.23. The van der Waals surface area contributed by atoms with Crippen molar-refractivity contribution in [3.8, 4) is 0 Å². The molecule has 0 aliphatic carbocycles. The normalized spacial score (nSPS) is 15.9. The molecule has 0 amide bonds. The molecule has 0 unspecified atom stereocenters. The summed E-state index contributed by atoms with van der Waals surface area (Å²) >= 11 is 1.59. The molecule has 1 aliphatic rings. The van der Waals surface area contributed by atoms with Gasteiger partial charge in [0.2, 0.25) is 0 Å². The van der Waals surface area contributed by atoms with E-state index < -0.39 is 17.8 Å². The van der Waals surface area contributed by atoms with Crippen molar-refractivity contribution in [1.82, 2.24) is 15.3 Å². The summed E-state index contributed by atoms with van der Waals surface area (Å²) in [5.74, 6) is 0.601. The Kier molecular flexibility index (Phi) is 5.18. The highest BCUT2D eigenvalue weighted by Crippen LogP contribution is 2.37. The minimum Gasteiger partial charge on any atom is -0.399 e. The highest BCUT2D eigenvalue weighted by molar-refractivity contribution is 7.20. The van der Waals surface area contributed by atoms with Crippen LogP contribution < -0.4 is 16.4 Å². The fourth-order valence-corrected chi connectivity index (χ4v) is 4.47. The number of halogens is 3. The summed E-state index contributed by atoms with van der Waals surface area (Å²) in [5, 5.41) is 6.52. The number of nitrogens with two attached hydrogens (primary N) is 1. The molecule has 3 heterocycles. The van der Waals surface area contributed by atoms with Crippen LogP contribution in [0.4, 0.5) is 24.7 Å². The lowest BCUT2D eigenvalue weighted by Gasteiger charge is -2.18. The molecule has 0 spiro atoms. The molecular formula is C20H20F3N5S. The molecule has 3 aromatic rings.